The fourth-order valence-electron chi connectivity index (χ4n) is 3.63. The van der Waals surface area contributed by atoms with Crippen LogP contribution in [0.3, 0.4) is 0 Å². The number of carbonyl (C=O) groups is 2. The van der Waals surface area contributed by atoms with E-state index >= 15 is 0 Å². The lowest BCUT2D eigenvalue weighted by molar-refractivity contribution is -0.145. The van der Waals surface area contributed by atoms with Crippen molar-refractivity contribution in [2.45, 2.75) is 58.3 Å². The number of aliphatic imine (C=N–C) groups is 1. The molecule has 178 valence electrons. The molecule has 1 atom stereocenters. The molecule has 1 unspecified atom stereocenters. The third-order valence-corrected chi connectivity index (χ3v) is 5.19. The average molecular weight is 558 g/mol. The summed E-state index contributed by atoms with van der Waals surface area (Å²) in [5.41, 5.74) is 0.513. The van der Waals surface area contributed by atoms with Crippen LogP contribution in [-0.2, 0) is 20.9 Å². The van der Waals surface area contributed by atoms with Crippen LogP contribution in [0.5, 0.6) is 0 Å². The van der Waals surface area contributed by atoms with Crippen molar-refractivity contribution >= 4 is 42.0 Å². The molecule has 1 saturated heterocycles. The Hall–Kier alpha value is -2.04. The molecule has 1 aromatic rings. The SMILES string of the molecule is CC(C)(C)OC(=O)N1CCN2C(NCCCCC(=O)OCc3ccccc3)=NCC2C1.I. The maximum Gasteiger partial charge on any atom is 0.410 e. The molecule has 1 aromatic carbocycles. The van der Waals surface area contributed by atoms with E-state index < -0.39 is 5.60 Å². The summed E-state index contributed by atoms with van der Waals surface area (Å²) in [6.45, 7) is 9.38. The Bertz CT molecular complexity index is 782. The average Bonchev–Trinajstić information content (AvgIpc) is 3.14. The number of rotatable bonds is 7. The molecule has 2 aliphatic heterocycles. The van der Waals surface area contributed by atoms with Crippen LogP contribution in [0.1, 0.15) is 45.6 Å². The maximum absolute atomic E-state index is 12.3. The number of guanidine groups is 1. The van der Waals surface area contributed by atoms with E-state index in [9.17, 15) is 9.59 Å². The fourth-order valence-corrected chi connectivity index (χ4v) is 3.63. The molecule has 1 N–H and O–H groups in total. The number of piperazine rings is 1. The van der Waals surface area contributed by atoms with Crippen molar-refractivity contribution in [2.75, 3.05) is 32.7 Å². The number of hydrogen-bond acceptors (Lipinski definition) is 7. The standard InChI is InChI=1S/C23H34N4O4.HI/c1-23(2,3)31-22(29)26-13-14-27-19(16-26)15-25-21(27)24-12-8-7-11-20(28)30-17-18-9-5-4-6-10-18;/h4-6,9-10,19H,7-8,11-17H2,1-3H3,(H,24,25);1H. The second-order valence-corrected chi connectivity index (χ2v) is 8.97. The summed E-state index contributed by atoms with van der Waals surface area (Å²) >= 11 is 0. The summed E-state index contributed by atoms with van der Waals surface area (Å²) in [7, 11) is 0. The Labute approximate surface area is 207 Å². The number of benzene rings is 1. The van der Waals surface area contributed by atoms with Gasteiger partial charge in [-0.3, -0.25) is 9.79 Å². The molecule has 1 amide bonds. The predicted molar refractivity (Wildman–Crippen MR) is 134 cm³/mol. The maximum atomic E-state index is 12.3. The molecule has 32 heavy (non-hydrogen) atoms. The zero-order valence-electron chi connectivity index (χ0n) is 19.2. The lowest BCUT2D eigenvalue weighted by atomic mass is 10.2. The third kappa shape index (κ3) is 8.14. The van der Waals surface area contributed by atoms with Gasteiger partial charge in [0, 0.05) is 32.6 Å². The van der Waals surface area contributed by atoms with Gasteiger partial charge in [0.1, 0.15) is 12.2 Å². The Kier molecular flexibility index (Phi) is 10.0. The predicted octanol–water partition coefficient (Wildman–Crippen LogP) is 3.40. The van der Waals surface area contributed by atoms with E-state index in [4.69, 9.17) is 9.47 Å². The van der Waals surface area contributed by atoms with Crippen molar-refractivity contribution in [3.63, 3.8) is 0 Å². The van der Waals surface area contributed by atoms with Crippen molar-refractivity contribution in [1.82, 2.24) is 15.1 Å². The van der Waals surface area contributed by atoms with Crippen LogP contribution in [0.15, 0.2) is 35.3 Å². The Morgan fingerprint density at radius 2 is 1.91 bits per heavy atom. The van der Waals surface area contributed by atoms with Crippen LogP contribution in [0.4, 0.5) is 4.79 Å². The summed E-state index contributed by atoms with van der Waals surface area (Å²) in [5.74, 6) is 0.723. The number of ether oxygens (including phenoxy) is 2. The molecule has 8 nitrogen and oxygen atoms in total. The number of halogens is 1. The summed E-state index contributed by atoms with van der Waals surface area (Å²) in [6.07, 6.45) is 1.79. The molecule has 1 fully saturated rings. The van der Waals surface area contributed by atoms with Gasteiger partial charge >= 0.3 is 12.1 Å². The van der Waals surface area contributed by atoms with E-state index in [1.54, 1.807) is 4.90 Å². The van der Waals surface area contributed by atoms with Gasteiger partial charge in [-0.15, -0.1) is 24.0 Å². The minimum Gasteiger partial charge on any atom is -0.461 e. The van der Waals surface area contributed by atoms with E-state index in [0.717, 1.165) is 37.5 Å². The van der Waals surface area contributed by atoms with Gasteiger partial charge in [-0.2, -0.15) is 0 Å². The van der Waals surface area contributed by atoms with E-state index in [-0.39, 0.29) is 42.1 Å². The van der Waals surface area contributed by atoms with Crippen molar-refractivity contribution in [3.05, 3.63) is 35.9 Å². The molecule has 0 radical (unpaired) electrons. The molecule has 0 aliphatic carbocycles. The molecule has 3 rings (SSSR count). The highest BCUT2D eigenvalue weighted by Crippen LogP contribution is 2.18. The first kappa shape index (κ1) is 26.2. The minimum absolute atomic E-state index is 0. The number of hydrogen-bond donors (Lipinski definition) is 1. The first-order valence-electron chi connectivity index (χ1n) is 11.0. The first-order chi connectivity index (χ1) is 14.8. The normalized spacial score (nSPS) is 17.7. The van der Waals surface area contributed by atoms with Crippen molar-refractivity contribution in [2.24, 2.45) is 4.99 Å². The highest BCUT2D eigenvalue weighted by molar-refractivity contribution is 14.0. The van der Waals surface area contributed by atoms with E-state index in [1.807, 2.05) is 51.1 Å². The molecule has 0 bridgehead atoms. The van der Waals surface area contributed by atoms with E-state index in [2.05, 4.69) is 15.2 Å². The number of esters is 1. The lowest BCUT2D eigenvalue weighted by Crippen LogP contribution is -2.57. The zero-order chi connectivity index (χ0) is 22.3. The number of nitrogens with zero attached hydrogens (tertiary/aromatic N) is 3. The van der Waals surface area contributed by atoms with Gasteiger partial charge in [-0.1, -0.05) is 30.3 Å². The van der Waals surface area contributed by atoms with Gasteiger partial charge in [0.05, 0.1) is 12.6 Å². The number of fused-ring (bicyclic) bond motifs is 1. The highest BCUT2D eigenvalue weighted by Gasteiger charge is 2.36. The number of nitrogens with one attached hydrogen (secondary N) is 1. The molecule has 2 aliphatic rings. The van der Waals surface area contributed by atoms with Gasteiger partial charge in [0.15, 0.2) is 5.96 Å². The van der Waals surface area contributed by atoms with Gasteiger partial charge < -0.3 is 24.6 Å². The summed E-state index contributed by atoms with van der Waals surface area (Å²) in [5, 5.41) is 3.38. The Balaban J connectivity index is 0.00000363. The Morgan fingerprint density at radius 3 is 2.62 bits per heavy atom. The van der Waals surface area contributed by atoms with Crippen molar-refractivity contribution < 1.29 is 19.1 Å². The molecular weight excluding hydrogens is 523 g/mol. The molecule has 0 aromatic heterocycles. The molecule has 0 spiro atoms. The highest BCUT2D eigenvalue weighted by atomic mass is 127. The monoisotopic (exact) mass is 558 g/mol. The molecule has 2 heterocycles. The molecule has 9 heteroatoms. The summed E-state index contributed by atoms with van der Waals surface area (Å²) < 4.78 is 10.8. The van der Waals surface area contributed by atoms with Crippen molar-refractivity contribution in [3.8, 4) is 0 Å². The fraction of sp³-hybridized carbons (Fsp3) is 0.609. The van der Waals surface area contributed by atoms with Crippen LogP contribution in [0, 0.1) is 0 Å². The van der Waals surface area contributed by atoms with Gasteiger partial charge in [0.25, 0.3) is 0 Å². The van der Waals surface area contributed by atoms with Gasteiger partial charge in [-0.05, 0) is 39.2 Å². The molecular formula is C23H35IN4O4. The summed E-state index contributed by atoms with van der Waals surface area (Å²) in [4.78, 5) is 32.8. The topological polar surface area (TPSA) is 83.5 Å². The van der Waals surface area contributed by atoms with Gasteiger partial charge in [0.2, 0.25) is 0 Å². The van der Waals surface area contributed by atoms with Crippen LogP contribution < -0.4 is 5.32 Å². The number of amides is 1. The van der Waals surface area contributed by atoms with Crippen molar-refractivity contribution in [1.29, 1.82) is 0 Å². The van der Waals surface area contributed by atoms with Crippen LogP contribution >= 0.6 is 24.0 Å². The van der Waals surface area contributed by atoms with Gasteiger partial charge in [-0.25, -0.2) is 4.79 Å². The first-order valence-corrected chi connectivity index (χ1v) is 11.0. The van der Waals surface area contributed by atoms with Crippen LogP contribution in [-0.4, -0.2) is 72.2 Å². The smallest absolute Gasteiger partial charge is 0.410 e. The largest absolute Gasteiger partial charge is 0.461 e. The van der Waals surface area contributed by atoms with Crippen LogP contribution in [0.2, 0.25) is 0 Å². The Morgan fingerprint density at radius 1 is 1.16 bits per heavy atom. The number of unbranched alkanes of at least 4 members (excludes halogenated alkanes) is 1. The van der Waals surface area contributed by atoms with E-state index in [1.165, 1.54) is 0 Å². The molecule has 0 saturated carbocycles. The third-order valence-electron chi connectivity index (χ3n) is 5.19. The number of carbonyl (C=O) groups excluding carboxylic acids is 2. The minimum atomic E-state index is -0.485. The second-order valence-electron chi connectivity index (χ2n) is 8.97. The lowest BCUT2D eigenvalue weighted by Gasteiger charge is -2.39. The summed E-state index contributed by atoms with van der Waals surface area (Å²) in [6, 6.07) is 9.89. The zero-order valence-corrected chi connectivity index (χ0v) is 21.5. The van der Waals surface area contributed by atoms with E-state index in [0.29, 0.717) is 32.7 Å². The quantitative estimate of drug-likeness (QED) is 0.314. The second kappa shape index (κ2) is 12.3. The van der Waals surface area contributed by atoms with Crippen LogP contribution in [0.25, 0.3) is 0 Å².